The summed E-state index contributed by atoms with van der Waals surface area (Å²) in [6.07, 6.45) is 1.53. The van der Waals surface area contributed by atoms with Crippen molar-refractivity contribution in [2.24, 2.45) is 0 Å². The second kappa shape index (κ2) is 18.3. The second-order valence-corrected chi connectivity index (χ2v) is 14.6. The van der Waals surface area contributed by atoms with Gasteiger partial charge in [0, 0.05) is 22.8 Å². The van der Waals surface area contributed by atoms with E-state index >= 15 is 0 Å². The molecule has 4 heterocycles. The molecule has 0 aliphatic rings. The van der Waals surface area contributed by atoms with Crippen LogP contribution < -0.4 is 20.9 Å². The van der Waals surface area contributed by atoms with Crippen LogP contribution in [0.2, 0.25) is 0 Å². The van der Waals surface area contributed by atoms with Crippen LogP contribution in [0.15, 0.2) is 158 Å². The van der Waals surface area contributed by atoms with Crippen molar-refractivity contribution in [1.29, 1.82) is 0 Å². The molecule has 8 rings (SSSR count). The number of aryl methyl sites for hydroxylation is 4. The molecule has 0 aliphatic heterocycles. The molecule has 0 spiro atoms. The van der Waals surface area contributed by atoms with Gasteiger partial charge in [-0.05, 0) is 147 Å². The molecule has 0 radical (unpaired) electrons. The molecule has 0 aliphatic carbocycles. The zero-order valence-electron chi connectivity index (χ0n) is 33.6. The molecule has 0 amide bonds. The van der Waals surface area contributed by atoms with E-state index in [4.69, 9.17) is 25.9 Å². The summed E-state index contributed by atoms with van der Waals surface area (Å²) in [5, 5.41) is 0. The maximum absolute atomic E-state index is 6.08. The number of rotatable bonds is 12. The van der Waals surface area contributed by atoms with Crippen LogP contribution in [0, 0.1) is 27.7 Å². The summed E-state index contributed by atoms with van der Waals surface area (Å²) in [5.41, 5.74) is 23.1. The molecule has 8 aromatic rings. The number of ether oxygens (including phenoxy) is 2. The molecule has 4 aromatic heterocycles. The van der Waals surface area contributed by atoms with Crippen LogP contribution in [0.5, 0.6) is 11.5 Å². The number of nitrogen functional groups attached to an aromatic ring is 2. The summed E-state index contributed by atoms with van der Waals surface area (Å²) in [4.78, 5) is 9.07. The zero-order chi connectivity index (χ0) is 40.4. The van der Waals surface area contributed by atoms with Gasteiger partial charge in [0.2, 0.25) is 0 Å². The first-order chi connectivity index (χ1) is 28.2. The third-order valence-corrected chi connectivity index (χ3v) is 9.89. The van der Waals surface area contributed by atoms with E-state index in [1.807, 2.05) is 84.9 Å². The van der Waals surface area contributed by atoms with Gasteiger partial charge in [0.1, 0.15) is 48.0 Å². The molecule has 0 saturated heterocycles. The lowest BCUT2D eigenvalue weighted by Gasteiger charge is -2.16. The van der Waals surface area contributed by atoms with Gasteiger partial charge < -0.3 is 30.1 Å². The summed E-state index contributed by atoms with van der Waals surface area (Å²) in [6.45, 7) is 9.62. The lowest BCUT2D eigenvalue weighted by Crippen LogP contribution is -2.09. The Morgan fingerprint density at radius 3 is 1.19 bits per heavy atom. The number of anilines is 2. The van der Waals surface area contributed by atoms with Crippen LogP contribution in [0.25, 0.3) is 11.6 Å². The number of benzene rings is 4. The number of aromatic nitrogens is 4. The number of pyridine rings is 2. The molecule has 0 unspecified atom stereocenters. The Kier molecular flexibility index (Phi) is 12.3. The van der Waals surface area contributed by atoms with Crippen LogP contribution in [0.3, 0.4) is 0 Å². The van der Waals surface area contributed by atoms with Gasteiger partial charge in [0.15, 0.2) is 0 Å². The Morgan fingerprint density at radius 1 is 0.397 bits per heavy atom. The van der Waals surface area contributed by atoms with Crippen LogP contribution in [0.1, 0.15) is 56.2 Å². The maximum Gasteiger partial charge on any atom is 0.139 e. The van der Waals surface area contributed by atoms with Crippen molar-refractivity contribution in [2.75, 3.05) is 11.5 Å². The van der Waals surface area contributed by atoms with E-state index in [0.717, 1.165) is 58.2 Å². The number of hydrogen-bond acceptors (Lipinski definition) is 6. The lowest BCUT2D eigenvalue weighted by molar-refractivity contribution is 0.306. The predicted molar refractivity (Wildman–Crippen MR) is 235 cm³/mol. The van der Waals surface area contributed by atoms with Crippen LogP contribution in [0.4, 0.5) is 11.6 Å². The highest BCUT2D eigenvalue weighted by Crippen LogP contribution is 2.25. The van der Waals surface area contributed by atoms with E-state index in [0.29, 0.717) is 24.8 Å². The van der Waals surface area contributed by atoms with Crippen molar-refractivity contribution >= 4 is 11.6 Å². The molecule has 8 nitrogen and oxygen atoms in total. The van der Waals surface area contributed by atoms with Crippen molar-refractivity contribution in [3.8, 4) is 23.1 Å². The highest BCUT2D eigenvalue weighted by molar-refractivity contribution is 5.47. The van der Waals surface area contributed by atoms with E-state index in [2.05, 4.69) is 115 Å². The first-order valence-electron chi connectivity index (χ1n) is 19.5. The molecule has 0 saturated carbocycles. The summed E-state index contributed by atoms with van der Waals surface area (Å²) in [7, 11) is 0. The molecule has 58 heavy (non-hydrogen) atoms. The minimum Gasteiger partial charge on any atom is -0.489 e. The molecule has 4 N–H and O–H groups in total. The van der Waals surface area contributed by atoms with Gasteiger partial charge >= 0.3 is 0 Å². The zero-order valence-corrected chi connectivity index (χ0v) is 33.6. The number of nitrogens with zero attached hydrogens (tertiary/aromatic N) is 4. The third kappa shape index (κ3) is 10.2. The Morgan fingerprint density at radius 2 is 0.776 bits per heavy atom. The monoisotopic (exact) mass is 766 g/mol. The first kappa shape index (κ1) is 39.2. The average Bonchev–Trinajstić information content (AvgIpc) is 3.74. The van der Waals surface area contributed by atoms with Gasteiger partial charge in [-0.1, -0.05) is 84.9 Å². The van der Waals surface area contributed by atoms with Crippen molar-refractivity contribution in [1.82, 2.24) is 19.1 Å². The van der Waals surface area contributed by atoms with E-state index in [-0.39, 0.29) is 0 Å². The summed E-state index contributed by atoms with van der Waals surface area (Å²) < 4.78 is 16.4. The summed E-state index contributed by atoms with van der Waals surface area (Å²) in [6, 6.07) is 53.5. The first-order valence-corrected chi connectivity index (χ1v) is 19.5. The van der Waals surface area contributed by atoms with Gasteiger partial charge in [0.25, 0.3) is 0 Å². The Balaban J connectivity index is 0.000000193. The predicted octanol–water partition coefficient (Wildman–Crippen LogP) is 10.5. The van der Waals surface area contributed by atoms with Crippen molar-refractivity contribution in [3.05, 3.63) is 214 Å². The standard InChI is InChI=1S/C31H31N3O.C19H19N3O/c1-22-13-14-23(2)33(22)30-19-28(20-31(32-30)34-24(3)15-16-25(34)4)17-27-11-8-12-29(18-27)35-21-26-9-6-5-7-10-26;20-18-11-16(12-19(21)22-18)9-15-7-4-8-17(10-15)23-13-14-5-2-1-3-6-14/h5-16,18-20H,17,21H2,1-4H3;1-8,10-12H,9,13H2,(H4,20,21,22). The van der Waals surface area contributed by atoms with Crippen LogP contribution in [-0.4, -0.2) is 19.1 Å². The highest BCUT2D eigenvalue weighted by Gasteiger charge is 2.13. The Bertz CT molecular complexity index is 2470. The molecule has 0 fully saturated rings. The quantitative estimate of drug-likeness (QED) is 0.128. The topological polar surface area (TPSA) is 106 Å². The van der Waals surface area contributed by atoms with Gasteiger partial charge in [-0.15, -0.1) is 0 Å². The van der Waals surface area contributed by atoms with Crippen LogP contribution >= 0.6 is 0 Å². The molecular weight excluding hydrogens is 717 g/mol. The van der Waals surface area contributed by atoms with Crippen molar-refractivity contribution < 1.29 is 9.47 Å². The summed E-state index contributed by atoms with van der Waals surface area (Å²) >= 11 is 0. The summed E-state index contributed by atoms with van der Waals surface area (Å²) in [5.74, 6) is 4.51. The molecule has 0 bridgehead atoms. The molecule has 0 atom stereocenters. The SMILES string of the molecule is Cc1ccc(C)n1-c1cc(Cc2cccc(OCc3ccccc3)c2)cc(-n2c(C)ccc2C)n1.Nc1cc(Cc2cccc(OCc3ccccc3)c2)cc(N)n1. The van der Waals surface area contributed by atoms with E-state index in [1.54, 1.807) is 0 Å². The number of nitrogens with two attached hydrogens (primary N) is 2. The molecular formula is C50H50N6O2. The molecule has 4 aromatic carbocycles. The van der Waals surface area contributed by atoms with Crippen molar-refractivity contribution in [3.63, 3.8) is 0 Å². The molecule has 292 valence electrons. The third-order valence-electron chi connectivity index (χ3n) is 9.89. The van der Waals surface area contributed by atoms with Gasteiger partial charge in [-0.2, -0.15) is 0 Å². The smallest absolute Gasteiger partial charge is 0.139 e. The molecule has 8 heteroatoms. The van der Waals surface area contributed by atoms with Crippen LogP contribution in [-0.2, 0) is 26.1 Å². The Labute approximate surface area is 341 Å². The fourth-order valence-electron chi connectivity index (χ4n) is 7.13. The van der Waals surface area contributed by atoms with Gasteiger partial charge in [-0.25, -0.2) is 9.97 Å². The van der Waals surface area contributed by atoms with E-state index in [1.165, 1.54) is 33.9 Å². The largest absolute Gasteiger partial charge is 0.489 e. The Hall–Kier alpha value is -7.06. The van der Waals surface area contributed by atoms with Gasteiger partial charge in [-0.3, -0.25) is 0 Å². The minimum absolute atomic E-state index is 0.441. The number of hydrogen-bond donors (Lipinski definition) is 2. The van der Waals surface area contributed by atoms with E-state index < -0.39 is 0 Å². The minimum atomic E-state index is 0.441. The second-order valence-electron chi connectivity index (χ2n) is 14.6. The van der Waals surface area contributed by atoms with Gasteiger partial charge in [0.05, 0.1) is 0 Å². The lowest BCUT2D eigenvalue weighted by atomic mass is 10.1. The fraction of sp³-hybridized carbons (Fsp3) is 0.160. The fourth-order valence-corrected chi connectivity index (χ4v) is 7.13. The normalized spacial score (nSPS) is 10.8. The van der Waals surface area contributed by atoms with Crippen molar-refractivity contribution in [2.45, 2.75) is 53.8 Å². The highest BCUT2D eigenvalue weighted by atomic mass is 16.5. The van der Waals surface area contributed by atoms with E-state index in [9.17, 15) is 0 Å². The average molecular weight is 767 g/mol. The maximum atomic E-state index is 6.08.